The van der Waals surface area contributed by atoms with Gasteiger partial charge in [-0.05, 0) is 42.8 Å². The molecule has 0 bridgehead atoms. The monoisotopic (exact) mass is 409 g/mol. The van der Waals surface area contributed by atoms with E-state index < -0.39 is 5.97 Å². The number of anilines is 1. The lowest BCUT2D eigenvalue weighted by Gasteiger charge is -2.28. The molecule has 2 aliphatic rings. The smallest absolute Gasteiger partial charge is 0.303 e. The Morgan fingerprint density at radius 1 is 1.24 bits per heavy atom. The zero-order valence-electron chi connectivity index (χ0n) is 15.7. The maximum atomic E-state index is 12.8. The van der Waals surface area contributed by atoms with Crippen LogP contribution in [0.2, 0.25) is 5.02 Å². The number of aliphatic carboxylic acids is 1. The molecule has 7 heteroatoms. The molecule has 0 atom stereocenters. The number of carbonyl (C=O) groups is 2. The van der Waals surface area contributed by atoms with Gasteiger partial charge in [-0.25, -0.2) is 0 Å². The first kappa shape index (κ1) is 18.2. The summed E-state index contributed by atoms with van der Waals surface area (Å²) >= 11 is 6.41. The van der Waals surface area contributed by atoms with Crippen molar-refractivity contribution in [1.82, 2.24) is 9.47 Å². The molecule has 0 saturated heterocycles. The Morgan fingerprint density at radius 3 is 2.90 bits per heavy atom. The molecule has 0 aliphatic carbocycles. The maximum absolute atomic E-state index is 12.8. The van der Waals surface area contributed by atoms with Crippen LogP contribution in [0.4, 0.5) is 5.69 Å². The highest BCUT2D eigenvalue weighted by Crippen LogP contribution is 2.41. The summed E-state index contributed by atoms with van der Waals surface area (Å²) in [6, 6.07) is 11.4. The summed E-state index contributed by atoms with van der Waals surface area (Å²) in [5.41, 5.74) is 5.63. The first-order valence-corrected chi connectivity index (χ1v) is 10.1. The predicted molar refractivity (Wildman–Crippen MR) is 112 cm³/mol. The second-order valence-electron chi connectivity index (χ2n) is 7.60. The Kier molecular flexibility index (Phi) is 4.33. The molecule has 1 amide bonds. The molecule has 0 fully saturated rings. The third-order valence-corrected chi connectivity index (χ3v) is 6.01. The minimum Gasteiger partial charge on any atom is -0.481 e. The molecule has 3 heterocycles. The highest BCUT2D eigenvalue weighted by atomic mass is 35.5. The van der Waals surface area contributed by atoms with E-state index in [2.05, 4.69) is 14.8 Å². The Bertz CT molecular complexity index is 1170. The highest BCUT2D eigenvalue weighted by molar-refractivity contribution is 6.32. The van der Waals surface area contributed by atoms with E-state index in [-0.39, 0.29) is 12.3 Å². The number of hydrogen-bond donors (Lipinski definition) is 2. The van der Waals surface area contributed by atoms with E-state index in [0.29, 0.717) is 17.0 Å². The van der Waals surface area contributed by atoms with Gasteiger partial charge < -0.3 is 15.0 Å². The fourth-order valence-electron chi connectivity index (χ4n) is 4.56. The maximum Gasteiger partial charge on any atom is 0.303 e. The zero-order valence-corrected chi connectivity index (χ0v) is 16.5. The van der Waals surface area contributed by atoms with E-state index in [1.807, 2.05) is 30.3 Å². The SMILES string of the molecule is O=C(O)CCCN1CCc2c(c3cc(Cl)cc4c3n2-c2ccccc2C(=O)N4)C1. The van der Waals surface area contributed by atoms with Crippen molar-refractivity contribution in [2.24, 2.45) is 0 Å². The average molecular weight is 410 g/mol. The van der Waals surface area contributed by atoms with Crippen LogP contribution in [0.5, 0.6) is 0 Å². The van der Waals surface area contributed by atoms with Crippen molar-refractivity contribution in [3.63, 3.8) is 0 Å². The molecule has 0 unspecified atom stereocenters. The van der Waals surface area contributed by atoms with Gasteiger partial charge in [-0.15, -0.1) is 0 Å². The molecule has 0 spiro atoms. The Balaban J connectivity index is 1.66. The van der Waals surface area contributed by atoms with E-state index in [9.17, 15) is 9.59 Å². The number of halogens is 1. The van der Waals surface area contributed by atoms with Crippen LogP contribution in [-0.2, 0) is 17.8 Å². The molecule has 29 heavy (non-hydrogen) atoms. The number of carboxylic acid groups (broad SMARTS) is 1. The van der Waals surface area contributed by atoms with Gasteiger partial charge in [-0.3, -0.25) is 14.5 Å². The van der Waals surface area contributed by atoms with Crippen molar-refractivity contribution >= 4 is 40.1 Å². The summed E-state index contributed by atoms with van der Waals surface area (Å²) in [5.74, 6) is -0.891. The molecule has 0 saturated carbocycles. The van der Waals surface area contributed by atoms with Crippen LogP contribution in [0.25, 0.3) is 16.6 Å². The standard InChI is InChI=1S/C22H20ClN3O3/c23-13-10-15-16-12-25(8-3-6-20(27)28)9-7-19(16)26-18-5-2-1-4-14(18)22(29)24-17(11-13)21(15)26/h1-2,4-5,10-11H,3,6-9,12H2,(H,24,29)(H,27,28). The van der Waals surface area contributed by atoms with Gasteiger partial charge in [0.2, 0.25) is 0 Å². The lowest BCUT2D eigenvalue weighted by molar-refractivity contribution is -0.137. The molecule has 5 rings (SSSR count). The van der Waals surface area contributed by atoms with E-state index in [1.165, 1.54) is 11.3 Å². The first-order valence-electron chi connectivity index (χ1n) is 9.73. The van der Waals surface area contributed by atoms with Gasteiger partial charge in [-0.2, -0.15) is 0 Å². The van der Waals surface area contributed by atoms with Gasteiger partial charge in [0, 0.05) is 42.0 Å². The Labute approximate surface area is 172 Å². The third kappa shape index (κ3) is 2.99. The number of hydrogen-bond acceptors (Lipinski definition) is 3. The summed E-state index contributed by atoms with van der Waals surface area (Å²) < 4.78 is 2.21. The third-order valence-electron chi connectivity index (χ3n) is 5.79. The van der Waals surface area contributed by atoms with Crippen molar-refractivity contribution < 1.29 is 14.7 Å². The normalized spacial score (nSPS) is 15.6. The van der Waals surface area contributed by atoms with Crippen molar-refractivity contribution in [3.05, 3.63) is 58.2 Å². The number of nitrogens with zero attached hydrogens (tertiary/aromatic N) is 2. The number of carboxylic acids is 1. The van der Waals surface area contributed by atoms with E-state index in [0.717, 1.165) is 48.3 Å². The van der Waals surface area contributed by atoms with Crippen LogP contribution in [0.15, 0.2) is 36.4 Å². The molecule has 1 aromatic heterocycles. The highest BCUT2D eigenvalue weighted by Gasteiger charge is 2.30. The first-order chi connectivity index (χ1) is 14.0. The number of nitrogens with one attached hydrogen (secondary N) is 1. The fourth-order valence-corrected chi connectivity index (χ4v) is 4.78. The van der Waals surface area contributed by atoms with Crippen molar-refractivity contribution in [3.8, 4) is 5.69 Å². The molecular formula is C22H20ClN3O3. The second kappa shape index (κ2) is 6.90. The topological polar surface area (TPSA) is 74.6 Å². The zero-order chi connectivity index (χ0) is 20.1. The Hall–Kier alpha value is -2.83. The largest absolute Gasteiger partial charge is 0.481 e. The quantitative estimate of drug-likeness (QED) is 0.681. The summed E-state index contributed by atoms with van der Waals surface area (Å²) in [6.45, 7) is 2.35. The van der Waals surface area contributed by atoms with E-state index in [4.69, 9.17) is 16.7 Å². The summed E-state index contributed by atoms with van der Waals surface area (Å²) in [5, 5.41) is 13.6. The number of fused-ring (bicyclic) bond motifs is 5. The summed E-state index contributed by atoms with van der Waals surface area (Å²) in [6.07, 6.45) is 1.64. The van der Waals surface area contributed by atoms with Crippen molar-refractivity contribution in [2.75, 3.05) is 18.4 Å². The van der Waals surface area contributed by atoms with Crippen LogP contribution in [-0.4, -0.2) is 39.5 Å². The summed E-state index contributed by atoms with van der Waals surface area (Å²) in [4.78, 5) is 25.9. The Morgan fingerprint density at radius 2 is 2.07 bits per heavy atom. The van der Waals surface area contributed by atoms with Crippen LogP contribution in [0.3, 0.4) is 0 Å². The predicted octanol–water partition coefficient (Wildman–Crippen LogP) is 4.07. The van der Waals surface area contributed by atoms with Crippen LogP contribution < -0.4 is 5.32 Å². The van der Waals surface area contributed by atoms with Gasteiger partial charge in [0.05, 0.1) is 22.5 Å². The van der Waals surface area contributed by atoms with E-state index in [1.54, 1.807) is 6.07 Å². The van der Waals surface area contributed by atoms with E-state index >= 15 is 0 Å². The molecule has 2 N–H and O–H groups in total. The number of carbonyl (C=O) groups excluding carboxylic acids is 1. The second-order valence-corrected chi connectivity index (χ2v) is 8.04. The van der Waals surface area contributed by atoms with Crippen LogP contribution >= 0.6 is 11.6 Å². The minimum absolute atomic E-state index is 0.132. The lowest BCUT2D eigenvalue weighted by atomic mass is 10.0. The van der Waals surface area contributed by atoms with Crippen LogP contribution in [0.1, 0.15) is 34.5 Å². The molecule has 2 aliphatic heterocycles. The number of aromatic nitrogens is 1. The summed E-state index contributed by atoms with van der Waals surface area (Å²) in [7, 11) is 0. The van der Waals surface area contributed by atoms with Gasteiger partial charge in [-0.1, -0.05) is 23.7 Å². The number of amides is 1. The number of benzene rings is 2. The average Bonchev–Trinajstić information content (AvgIpc) is 2.94. The number of para-hydroxylation sites is 1. The number of rotatable bonds is 4. The lowest BCUT2D eigenvalue weighted by Crippen LogP contribution is -2.32. The van der Waals surface area contributed by atoms with Crippen molar-refractivity contribution in [2.45, 2.75) is 25.8 Å². The fraction of sp³-hybridized carbons (Fsp3) is 0.273. The van der Waals surface area contributed by atoms with Crippen LogP contribution in [0, 0.1) is 0 Å². The van der Waals surface area contributed by atoms with Gasteiger partial charge in [0.15, 0.2) is 0 Å². The molecular weight excluding hydrogens is 390 g/mol. The van der Waals surface area contributed by atoms with Crippen molar-refractivity contribution in [1.29, 1.82) is 0 Å². The van der Waals surface area contributed by atoms with Gasteiger partial charge >= 0.3 is 5.97 Å². The van der Waals surface area contributed by atoms with Gasteiger partial charge in [0.25, 0.3) is 5.91 Å². The molecule has 0 radical (unpaired) electrons. The molecule has 6 nitrogen and oxygen atoms in total. The van der Waals surface area contributed by atoms with Gasteiger partial charge in [0.1, 0.15) is 0 Å². The molecule has 3 aromatic rings. The molecule has 2 aromatic carbocycles. The minimum atomic E-state index is -0.759. The molecule has 148 valence electrons.